The number of hydrogen-bond acceptors (Lipinski definition) is 1. The molecule has 1 nitrogen and oxygen atoms in total. The highest BCUT2D eigenvalue weighted by atomic mass is 19.1. The molecule has 0 fully saturated rings. The van der Waals surface area contributed by atoms with Gasteiger partial charge in [-0.1, -0.05) is 12.1 Å². The lowest BCUT2D eigenvalue weighted by Crippen LogP contribution is -1.95. The van der Waals surface area contributed by atoms with Crippen molar-refractivity contribution in [1.29, 1.82) is 0 Å². The van der Waals surface area contributed by atoms with Crippen LogP contribution < -0.4 is 5.73 Å². The summed E-state index contributed by atoms with van der Waals surface area (Å²) in [7, 11) is 0. The largest absolute Gasteiger partial charge is 0.402 e. The molecule has 64 valence electrons. The molecule has 12 heavy (non-hydrogen) atoms. The van der Waals surface area contributed by atoms with Crippen molar-refractivity contribution in [3.63, 3.8) is 0 Å². The molecule has 0 bridgehead atoms. The van der Waals surface area contributed by atoms with Gasteiger partial charge in [-0.3, -0.25) is 0 Å². The van der Waals surface area contributed by atoms with E-state index < -0.39 is 0 Å². The minimum atomic E-state index is -0.221. The Morgan fingerprint density at radius 3 is 2.08 bits per heavy atom. The van der Waals surface area contributed by atoms with Gasteiger partial charge in [0.2, 0.25) is 0 Å². The summed E-state index contributed by atoms with van der Waals surface area (Å²) in [5, 5.41) is 0. The van der Waals surface area contributed by atoms with Gasteiger partial charge in [-0.05, 0) is 37.1 Å². The van der Waals surface area contributed by atoms with Gasteiger partial charge < -0.3 is 5.73 Å². The molecule has 0 radical (unpaired) electrons. The number of nitrogens with two attached hydrogens (primary N) is 1. The average molecular weight is 165 g/mol. The van der Waals surface area contributed by atoms with E-state index in [4.69, 9.17) is 5.73 Å². The van der Waals surface area contributed by atoms with Crippen molar-refractivity contribution >= 4 is 5.57 Å². The molecule has 0 aliphatic carbocycles. The molecular weight excluding hydrogens is 153 g/mol. The van der Waals surface area contributed by atoms with E-state index in [1.54, 1.807) is 12.1 Å². The number of rotatable bonds is 1. The maximum Gasteiger partial charge on any atom is 0.123 e. The van der Waals surface area contributed by atoms with Crippen molar-refractivity contribution in [2.75, 3.05) is 0 Å². The second-order valence-electron chi connectivity index (χ2n) is 2.81. The second kappa shape index (κ2) is 3.39. The van der Waals surface area contributed by atoms with Crippen molar-refractivity contribution < 1.29 is 4.39 Å². The van der Waals surface area contributed by atoms with Crippen molar-refractivity contribution in [2.45, 2.75) is 13.8 Å². The molecule has 0 heterocycles. The van der Waals surface area contributed by atoms with Crippen molar-refractivity contribution in [2.24, 2.45) is 5.73 Å². The lowest BCUT2D eigenvalue weighted by atomic mass is 10.1. The summed E-state index contributed by atoms with van der Waals surface area (Å²) in [5.74, 6) is -0.221. The van der Waals surface area contributed by atoms with Crippen LogP contribution >= 0.6 is 0 Å². The van der Waals surface area contributed by atoms with E-state index in [1.165, 1.54) is 12.1 Å². The highest BCUT2D eigenvalue weighted by molar-refractivity contribution is 5.65. The van der Waals surface area contributed by atoms with Crippen LogP contribution in [0.5, 0.6) is 0 Å². The molecule has 0 spiro atoms. The van der Waals surface area contributed by atoms with Crippen LogP contribution in [-0.2, 0) is 0 Å². The van der Waals surface area contributed by atoms with E-state index in [0.717, 1.165) is 16.8 Å². The number of hydrogen-bond donors (Lipinski definition) is 1. The summed E-state index contributed by atoms with van der Waals surface area (Å²) >= 11 is 0. The summed E-state index contributed by atoms with van der Waals surface area (Å²) < 4.78 is 12.5. The zero-order valence-corrected chi connectivity index (χ0v) is 7.26. The van der Waals surface area contributed by atoms with E-state index in [-0.39, 0.29) is 5.82 Å². The van der Waals surface area contributed by atoms with E-state index in [9.17, 15) is 4.39 Å². The van der Waals surface area contributed by atoms with Crippen molar-refractivity contribution in [3.05, 3.63) is 41.3 Å². The molecule has 2 heteroatoms. The van der Waals surface area contributed by atoms with Crippen LogP contribution in [0, 0.1) is 5.82 Å². The highest BCUT2D eigenvalue weighted by Gasteiger charge is 1.97. The number of halogens is 1. The minimum absolute atomic E-state index is 0.221. The fraction of sp³-hybridized carbons (Fsp3) is 0.200. The predicted octanol–water partition coefficient (Wildman–Crippen LogP) is 2.54. The van der Waals surface area contributed by atoms with E-state index in [2.05, 4.69) is 0 Å². The summed E-state index contributed by atoms with van der Waals surface area (Å²) in [6.07, 6.45) is 0. The lowest BCUT2D eigenvalue weighted by molar-refractivity contribution is 0.627. The Labute approximate surface area is 71.7 Å². The molecule has 1 aromatic carbocycles. The van der Waals surface area contributed by atoms with Crippen molar-refractivity contribution in [1.82, 2.24) is 0 Å². The Morgan fingerprint density at radius 2 is 1.67 bits per heavy atom. The van der Waals surface area contributed by atoms with Gasteiger partial charge in [0.1, 0.15) is 5.82 Å². The molecule has 0 saturated carbocycles. The van der Waals surface area contributed by atoms with Gasteiger partial charge in [0.25, 0.3) is 0 Å². The fourth-order valence-corrected chi connectivity index (χ4v) is 0.928. The highest BCUT2D eigenvalue weighted by Crippen LogP contribution is 2.15. The Balaban J connectivity index is 3.06. The second-order valence-corrected chi connectivity index (χ2v) is 2.81. The molecule has 2 N–H and O–H groups in total. The van der Waals surface area contributed by atoms with E-state index in [0.29, 0.717) is 0 Å². The first-order valence-corrected chi connectivity index (χ1v) is 3.80. The third-order valence-electron chi connectivity index (χ3n) is 1.87. The number of benzene rings is 1. The molecule has 0 unspecified atom stereocenters. The summed E-state index contributed by atoms with van der Waals surface area (Å²) in [5.41, 5.74) is 8.32. The normalized spacial score (nSPS) is 12.6. The third kappa shape index (κ3) is 1.84. The first-order valence-electron chi connectivity index (χ1n) is 3.80. The molecule has 0 aliphatic rings. The zero-order valence-electron chi connectivity index (χ0n) is 7.26. The standard InChI is InChI=1S/C10H12FN/c1-7(8(2)12)9-3-5-10(11)6-4-9/h3-6H,12H2,1-2H3/b8-7-. The fourth-order valence-electron chi connectivity index (χ4n) is 0.928. The average Bonchev–Trinajstić information content (AvgIpc) is 2.04. The molecular formula is C10H12FN. The predicted molar refractivity (Wildman–Crippen MR) is 48.9 cm³/mol. The summed E-state index contributed by atoms with van der Waals surface area (Å²) in [4.78, 5) is 0. The first kappa shape index (κ1) is 8.78. The molecule has 0 aromatic heterocycles. The van der Waals surface area contributed by atoms with Crippen LogP contribution in [0.1, 0.15) is 19.4 Å². The van der Waals surface area contributed by atoms with Gasteiger partial charge in [0.05, 0.1) is 0 Å². The smallest absolute Gasteiger partial charge is 0.123 e. The van der Waals surface area contributed by atoms with Crippen LogP contribution in [0.4, 0.5) is 4.39 Å². The van der Waals surface area contributed by atoms with Crippen LogP contribution in [0.25, 0.3) is 5.57 Å². The minimum Gasteiger partial charge on any atom is -0.402 e. The zero-order chi connectivity index (χ0) is 9.14. The molecule has 0 amide bonds. The summed E-state index contributed by atoms with van der Waals surface area (Å²) in [6, 6.07) is 6.31. The maximum absolute atomic E-state index is 12.5. The van der Waals surface area contributed by atoms with Gasteiger partial charge in [-0.2, -0.15) is 0 Å². The molecule has 0 saturated heterocycles. The van der Waals surface area contributed by atoms with Crippen LogP contribution in [-0.4, -0.2) is 0 Å². The van der Waals surface area contributed by atoms with Crippen molar-refractivity contribution in [3.8, 4) is 0 Å². The topological polar surface area (TPSA) is 26.0 Å². The van der Waals surface area contributed by atoms with Gasteiger partial charge in [-0.15, -0.1) is 0 Å². The van der Waals surface area contributed by atoms with Gasteiger partial charge in [0, 0.05) is 5.70 Å². The van der Waals surface area contributed by atoms with Crippen LogP contribution in [0.3, 0.4) is 0 Å². The SMILES string of the molecule is C/C(N)=C(\C)c1ccc(F)cc1. The van der Waals surface area contributed by atoms with Crippen LogP contribution in [0.2, 0.25) is 0 Å². The molecule has 1 rings (SSSR count). The van der Waals surface area contributed by atoms with E-state index in [1.807, 2.05) is 13.8 Å². The maximum atomic E-state index is 12.5. The Morgan fingerprint density at radius 1 is 1.17 bits per heavy atom. The Hall–Kier alpha value is -1.31. The van der Waals surface area contributed by atoms with Gasteiger partial charge in [0.15, 0.2) is 0 Å². The van der Waals surface area contributed by atoms with Gasteiger partial charge >= 0.3 is 0 Å². The summed E-state index contributed by atoms with van der Waals surface area (Å²) in [6.45, 7) is 3.75. The number of allylic oxidation sites excluding steroid dienone is 2. The Bertz CT molecular complexity index is 294. The molecule has 1 aromatic rings. The third-order valence-corrected chi connectivity index (χ3v) is 1.87. The van der Waals surface area contributed by atoms with Crippen LogP contribution in [0.15, 0.2) is 30.0 Å². The lowest BCUT2D eigenvalue weighted by Gasteiger charge is -2.02. The quantitative estimate of drug-likeness (QED) is 0.679. The molecule has 0 aliphatic heterocycles. The Kier molecular flexibility index (Phi) is 2.48. The molecule has 0 atom stereocenters. The van der Waals surface area contributed by atoms with Gasteiger partial charge in [-0.25, -0.2) is 4.39 Å². The monoisotopic (exact) mass is 165 g/mol. The van der Waals surface area contributed by atoms with E-state index >= 15 is 0 Å². The first-order chi connectivity index (χ1) is 5.61.